The lowest BCUT2D eigenvalue weighted by Crippen LogP contribution is -2.46. The zero-order chi connectivity index (χ0) is 18.9. The summed E-state index contributed by atoms with van der Waals surface area (Å²) in [6.07, 6.45) is 2.62. The van der Waals surface area contributed by atoms with Crippen LogP contribution in [0.25, 0.3) is 0 Å². The second kappa shape index (κ2) is 7.33. The van der Waals surface area contributed by atoms with Gasteiger partial charge in [0, 0.05) is 23.7 Å². The number of primary amides is 1. The molecule has 0 aliphatic carbocycles. The van der Waals surface area contributed by atoms with Crippen LogP contribution >= 0.6 is 11.6 Å². The van der Waals surface area contributed by atoms with E-state index >= 15 is 0 Å². The van der Waals surface area contributed by atoms with E-state index < -0.39 is 5.91 Å². The first-order chi connectivity index (χ1) is 13.1. The smallest absolute Gasteiger partial charge is 0.250 e. The zero-order valence-corrected chi connectivity index (χ0v) is 15.8. The molecule has 1 saturated heterocycles. The first kappa shape index (κ1) is 18.0. The third-order valence-corrected chi connectivity index (χ3v) is 5.68. The number of para-hydroxylation sites is 1. The van der Waals surface area contributed by atoms with Gasteiger partial charge in [0.2, 0.25) is 0 Å². The minimum atomic E-state index is -0.434. The number of amidine groups is 1. The third kappa shape index (κ3) is 3.57. The van der Waals surface area contributed by atoms with Gasteiger partial charge in [-0.25, -0.2) is 0 Å². The molecule has 1 amide bonds. The van der Waals surface area contributed by atoms with Gasteiger partial charge in [-0.05, 0) is 48.6 Å². The summed E-state index contributed by atoms with van der Waals surface area (Å²) in [7, 11) is 0. The highest BCUT2D eigenvalue weighted by atomic mass is 35.5. The molecule has 1 fully saturated rings. The minimum absolute atomic E-state index is 0.0971. The SMILES string of the molecule is NC(=O)c1cccc2c1NC(=NCc1cccc(Cl)c1)C1(CCOCC1)C2. The van der Waals surface area contributed by atoms with Crippen molar-refractivity contribution in [3.8, 4) is 0 Å². The molecule has 2 aromatic rings. The van der Waals surface area contributed by atoms with E-state index in [1.807, 2.05) is 30.3 Å². The average Bonchev–Trinajstić information content (AvgIpc) is 2.66. The molecule has 27 heavy (non-hydrogen) atoms. The molecule has 0 unspecified atom stereocenters. The first-order valence-corrected chi connectivity index (χ1v) is 9.51. The van der Waals surface area contributed by atoms with Crippen LogP contribution < -0.4 is 11.1 Å². The molecule has 6 heteroatoms. The molecule has 2 aliphatic heterocycles. The minimum Gasteiger partial charge on any atom is -0.381 e. The van der Waals surface area contributed by atoms with Crippen LogP contribution in [0.5, 0.6) is 0 Å². The molecule has 0 aromatic heterocycles. The van der Waals surface area contributed by atoms with Crippen LogP contribution in [0.1, 0.15) is 34.3 Å². The number of benzene rings is 2. The van der Waals surface area contributed by atoms with Gasteiger partial charge >= 0.3 is 0 Å². The monoisotopic (exact) mass is 383 g/mol. The quantitative estimate of drug-likeness (QED) is 0.846. The molecule has 2 aliphatic rings. The molecular weight excluding hydrogens is 362 g/mol. The number of rotatable bonds is 3. The Hall–Kier alpha value is -2.37. The summed E-state index contributed by atoms with van der Waals surface area (Å²) in [4.78, 5) is 16.8. The van der Waals surface area contributed by atoms with Gasteiger partial charge in [0.15, 0.2) is 0 Å². The second-order valence-corrected chi connectivity index (χ2v) is 7.63. The summed E-state index contributed by atoms with van der Waals surface area (Å²) in [6, 6.07) is 13.4. The largest absolute Gasteiger partial charge is 0.381 e. The Kier molecular flexibility index (Phi) is 4.89. The molecule has 0 radical (unpaired) electrons. The molecule has 5 nitrogen and oxygen atoms in total. The summed E-state index contributed by atoms with van der Waals surface area (Å²) in [5.41, 5.74) is 8.93. The van der Waals surface area contributed by atoms with E-state index in [2.05, 4.69) is 11.4 Å². The average molecular weight is 384 g/mol. The Morgan fingerprint density at radius 2 is 2.00 bits per heavy atom. The molecule has 140 valence electrons. The van der Waals surface area contributed by atoms with Crippen molar-refractivity contribution in [1.29, 1.82) is 0 Å². The highest BCUT2D eigenvalue weighted by Crippen LogP contribution is 2.42. The van der Waals surface area contributed by atoms with E-state index in [0.29, 0.717) is 30.3 Å². The molecule has 2 aromatic carbocycles. The molecule has 0 atom stereocenters. The van der Waals surface area contributed by atoms with Crippen molar-refractivity contribution in [3.05, 3.63) is 64.2 Å². The number of carbonyl (C=O) groups excluding carboxylic acids is 1. The molecule has 1 spiro atoms. The van der Waals surface area contributed by atoms with Crippen LogP contribution in [0.4, 0.5) is 5.69 Å². The number of nitrogens with one attached hydrogen (secondary N) is 1. The van der Waals surface area contributed by atoms with Crippen molar-refractivity contribution < 1.29 is 9.53 Å². The van der Waals surface area contributed by atoms with Gasteiger partial charge in [0.05, 0.1) is 17.8 Å². The van der Waals surface area contributed by atoms with Crippen molar-refractivity contribution in [1.82, 2.24) is 0 Å². The maximum absolute atomic E-state index is 11.9. The summed E-state index contributed by atoms with van der Waals surface area (Å²) < 4.78 is 5.60. The van der Waals surface area contributed by atoms with Gasteiger partial charge in [0.1, 0.15) is 5.84 Å². The molecule has 2 heterocycles. The van der Waals surface area contributed by atoms with Crippen LogP contribution in [0, 0.1) is 5.41 Å². The summed E-state index contributed by atoms with van der Waals surface area (Å²) in [5.74, 6) is 0.475. The van der Waals surface area contributed by atoms with E-state index in [0.717, 1.165) is 41.9 Å². The number of halogens is 1. The Bertz CT molecular complexity index is 904. The topological polar surface area (TPSA) is 76.7 Å². The highest BCUT2D eigenvalue weighted by Gasteiger charge is 2.42. The van der Waals surface area contributed by atoms with E-state index in [1.54, 1.807) is 6.07 Å². The van der Waals surface area contributed by atoms with Gasteiger partial charge in [-0.1, -0.05) is 35.9 Å². The summed E-state index contributed by atoms with van der Waals surface area (Å²) in [5, 5.41) is 4.15. The summed E-state index contributed by atoms with van der Waals surface area (Å²) in [6.45, 7) is 1.95. The van der Waals surface area contributed by atoms with E-state index in [9.17, 15) is 4.79 Å². The third-order valence-electron chi connectivity index (χ3n) is 5.45. The number of fused-ring (bicyclic) bond motifs is 1. The number of carbonyl (C=O) groups is 1. The predicted molar refractivity (Wildman–Crippen MR) is 107 cm³/mol. The van der Waals surface area contributed by atoms with Gasteiger partial charge in [-0.15, -0.1) is 0 Å². The van der Waals surface area contributed by atoms with E-state index in [1.165, 1.54) is 0 Å². The van der Waals surface area contributed by atoms with Gasteiger partial charge in [-0.3, -0.25) is 9.79 Å². The van der Waals surface area contributed by atoms with E-state index in [-0.39, 0.29) is 5.41 Å². The number of nitrogens with zero attached hydrogens (tertiary/aromatic N) is 1. The van der Waals surface area contributed by atoms with Crippen molar-refractivity contribution in [3.63, 3.8) is 0 Å². The van der Waals surface area contributed by atoms with Crippen molar-refractivity contribution in [2.45, 2.75) is 25.8 Å². The second-order valence-electron chi connectivity index (χ2n) is 7.19. The van der Waals surface area contributed by atoms with Crippen LogP contribution in [-0.2, 0) is 17.7 Å². The fourth-order valence-corrected chi connectivity index (χ4v) is 4.20. The van der Waals surface area contributed by atoms with Gasteiger partial charge in [0.25, 0.3) is 5.91 Å². The molecule has 0 bridgehead atoms. The van der Waals surface area contributed by atoms with Crippen molar-refractivity contribution in [2.24, 2.45) is 16.1 Å². The Morgan fingerprint density at radius 3 is 2.74 bits per heavy atom. The fraction of sp³-hybridized carbons (Fsp3) is 0.333. The maximum atomic E-state index is 11.9. The Morgan fingerprint density at radius 1 is 1.22 bits per heavy atom. The van der Waals surface area contributed by atoms with Gasteiger partial charge in [-0.2, -0.15) is 0 Å². The van der Waals surface area contributed by atoms with Crippen LogP contribution in [-0.4, -0.2) is 25.0 Å². The summed E-state index contributed by atoms with van der Waals surface area (Å²) >= 11 is 6.10. The number of hydrogen-bond acceptors (Lipinski definition) is 3. The van der Waals surface area contributed by atoms with Crippen LogP contribution in [0.2, 0.25) is 5.02 Å². The lowest BCUT2D eigenvalue weighted by molar-refractivity contribution is 0.0448. The molecule has 0 saturated carbocycles. The number of amides is 1. The highest BCUT2D eigenvalue weighted by molar-refractivity contribution is 6.30. The Labute approximate surface area is 163 Å². The van der Waals surface area contributed by atoms with Gasteiger partial charge < -0.3 is 15.8 Å². The number of anilines is 1. The van der Waals surface area contributed by atoms with E-state index in [4.69, 9.17) is 27.1 Å². The normalized spacial score (nSPS) is 19.5. The predicted octanol–water partition coefficient (Wildman–Crippen LogP) is 3.80. The molecule has 3 N–H and O–H groups in total. The zero-order valence-electron chi connectivity index (χ0n) is 15.0. The standard InChI is InChI=1S/C21H22ClN3O2/c22-16-5-1-3-14(11-16)13-24-20-21(7-9-27-10-8-21)12-15-4-2-6-17(19(23)26)18(15)25-20/h1-6,11H,7-10,12-13H2,(H2,23,26)(H,24,25). The van der Waals surface area contributed by atoms with Crippen molar-refractivity contribution in [2.75, 3.05) is 18.5 Å². The number of ether oxygens (including phenoxy) is 1. The number of hydrogen-bond donors (Lipinski definition) is 2. The lowest BCUT2D eigenvalue weighted by atomic mass is 9.71. The fourth-order valence-electron chi connectivity index (χ4n) is 3.99. The number of aliphatic imine (C=N–C) groups is 1. The van der Waals surface area contributed by atoms with Crippen LogP contribution in [0.3, 0.4) is 0 Å². The molecule has 4 rings (SSSR count). The van der Waals surface area contributed by atoms with Crippen molar-refractivity contribution >= 4 is 29.0 Å². The van der Waals surface area contributed by atoms with Crippen LogP contribution in [0.15, 0.2) is 47.5 Å². The molecular formula is C21H22ClN3O2. The lowest BCUT2D eigenvalue weighted by Gasteiger charge is -2.42. The number of nitrogens with two attached hydrogens (primary N) is 1. The first-order valence-electron chi connectivity index (χ1n) is 9.13. The maximum Gasteiger partial charge on any atom is 0.250 e. The Balaban J connectivity index is 1.73.